The van der Waals surface area contributed by atoms with Crippen molar-refractivity contribution < 1.29 is 4.74 Å². The molecule has 0 aliphatic heterocycles. The van der Waals surface area contributed by atoms with E-state index in [0.29, 0.717) is 0 Å². The molecule has 0 bridgehead atoms. The minimum absolute atomic E-state index is 0.0793. The second-order valence-corrected chi connectivity index (χ2v) is 5.98. The Hall–Kier alpha value is -1.81. The number of benzene rings is 1. The van der Waals surface area contributed by atoms with Crippen molar-refractivity contribution in [3.8, 4) is 11.6 Å². The molecule has 0 radical (unpaired) electrons. The van der Waals surface area contributed by atoms with Gasteiger partial charge in [-0.3, -0.25) is 0 Å². The lowest BCUT2D eigenvalue weighted by Crippen LogP contribution is -2.18. The molecule has 0 saturated heterocycles. The van der Waals surface area contributed by atoms with E-state index in [-0.39, 0.29) is 6.04 Å². The third kappa shape index (κ3) is 3.27. The fourth-order valence-corrected chi connectivity index (χ4v) is 2.58. The molecule has 4 nitrogen and oxygen atoms in total. The topological polar surface area (TPSA) is 53.1 Å². The first-order valence-electron chi connectivity index (χ1n) is 7.33. The maximum absolute atomic E-state index is 6.20. The molecule has 0 spiro atoms. The summed E-state index contributed by atoms with van der Waals surface area (Å²) in [7, 11) is 1.91. The highest BCUT2D eigenvalue weighted by Gasteiger charge is 2.18. The third-order valence-corrected chi connectivity index (χ3v) is 3.79. The first-order valence-corrected chi connectivity index (χ1v) is 7.33. The minimum atomic E-state index is 0.0793. The SMILES string of the molecule is Cc1cc(C)c(C)c(Oc2c(CC(C)N)c(C)nn2C)c1. The minimum Gasteiger partial charge on any atom is -0.439 e. The van der Waals surface area contributed by atoms with Gasteiger partial charge in [0, 0.05) is 18.7 Å². The first-order chi connectivity index (χ1) is 9.79. The fourth-order valence-electron chi connectivity index (χ4n) is 2.58. The van der Waals surface area contributed by atoms with Gasteiger partial charge in [-0.1, -0.05) is 6.07 Å². The average Bonchev–Trinajstić information content (AvgIpc) is 2.61. The Labute approximate surface area is 126 Å². The lowest BCUT2D eigenvalue weighted by atomic mass is 10.1. The molecule has 1 aromatic heterocycles. The van der Waals surface area contributed by atoms with Crippen LogP contribution in [0.3, 0.4) is 0 Å². The van der Waals surface area contributed by atoms with Crippen molar-refractivity contribution in [2.45, 2.75) is 47.1 Å². The van der Waals surface area contributed by atoms with Gasteiger partial charge >= 0.3 is 0 Å². The maximum Gasteiger partial charge on any atom is 0.221 e. The van der Waals surface area contributed by atoms with Crippen molar-refractivity contribution in [2.75, 3.05) is 0 Å². The molecule has 0 aliphatic rings. The van der Waals surface area contributed by atoms with E-state index in [1.54, 1.807) is 4.68 Å². The summed E-state index contributed by atoms with van der Waals surface area (Å²) in [5, 5.41) is 4.47. The summed E-state index contributed by atoms with van der Waals surface area (Å²) in [6.45, 7) is 10.3. The van der Waals surface area contributed by atoms with E-state index in [1.807, 2.05) is 20.9 Å². The number of aryl methyl sites for hydroxylation is 4. The van der Waals surface area contributed by atoms with Crippen LogP contribution in [0.15, 0.2) is 12.1 Å². The second-order valence-electron chi connectivity index (χ2n) is 5.98. The molecule has 21 heavy (non-hydrogen) atoms. The lowest BCUT2D eigenvalue weighted by Gasteiger charge is -2.14. The van der Waals surface area contributed by atoms with Crippen molar-refractivity contribution in [2.24, 2.45) is 12.8 Å². The molecular formula is C17H25N3O. The summed E-state index contributed by atoms with van der Waals surface area (Å²) in [5.74, 6) is 1.68. The highest BCUT2D eigenvalue weighted by molar-refractivity contribution is 5.45. The molecule has 0 amide bonds. The quantitative estimate of drug-likeness (QED) is 0.938. The van der Waals surface area contributed by atoms with Crippen LogP contribution in [0.1, 0.15) is 34.9 Å². The summed E-state index contributed by atoms with van der Waals surface area (Å²) >= 11 is 0. The van der Waals surface area contributed by atoms with E-state index in [2.05, 4.69) is 38.0 Å². The highest BCUT2D eigenvalue weighted by atomic mass is 16.5. The van der Waals surface area contributed by atoms with Crippen molar-refractivity contribution in [3.05, 3.63) is 40.1 Å². The van der Waals surface area contributed by atoms with Gasteiger partial charge in [0.05, 0.1) is 5.69 Å². The third-order valence-electron chi connectivity index (χ3n) is 3.79. The number of nitrogens with zero attached hydrogens (tertiary/aromatic N) is 2. The van der Waals surface area contributed by atoms with E-state index < -0.39 is 0 Å². The van der Waals surface area contributed by atoms with Crippen LogP contribution in [-0.4, -0.2) is 15.8 Å². The largest absolute Gasteiger partial charge is 0.439 e. The molecule has 1 aromatic carbocycles. The summed E-state index contributed by atoms with van der Waals surface area (Å²) < 4.78 is 8.00. The van der Waals surface area contributed by atoms with E-state index in [0.717, 1.165) is 34.9 Å². The molecule has 1 unspecified atom stereocenters. The van der Waals surface area contributed by atoms with Crippen molar-refractivity contribution >= 4 is 0 Å². The van der Waals surface area contributed by atoms with Gasteiger partial charge in [-0.2, -0.15) is 5.10 Å². The summed E-state index contributed by atoms with van der Waals surface area (Å²) in [5.41, 5.74) is 11.6. The molecular weight excluding hydrogens is 262 g/mol. The van der Waals surface area contributed by atoms with Crippen LogP contribution in [0.25, 0.3) is 0 Å². The Morgan fingerprint density at radius 2 is 1.90 bits per heavy atom. The second kappa shape index (κ2) is 5.90. The average molecular weight is 287 g/mol. The summed E-state index contributed by atoms with van der Waals surface area (Å²) in [6.07, 6.45) is 0.763. The van der Waals surface area contributed by atoms with Crippen LogP contribution in [0, 0.1) is 27.7 Å². The molecule has 1 atom stereocenters. The zero-order valence-corrected chi connectivity index (χ0v) is 13.8. The van der Waals surface area contributed by atoms with Crippen LogP contribution >= 0.6 is 0 Å². The normalized spacial score (nSPS) is 12.5. The van der Waals surface area contributed by atoms with E-state index in [9.17, 15) is 0 Å². The van der Waals surface area contributed by atoms with Crippen molar-refractivity contribution in [1.82, 2.24) is 9.78 Å². The predicted molar refractivity (Wildman–Crippen MR) is 86.0 cm³/mol. The standard InChI is InChI=1S/C17H25N3O/c1-10-7-11(2)13(4)16(8-10)21-17-15(9-12(3)18)14(5)19-20(17)6/h7-8,12H,9,18H2,1-6H3. The molecule has 0 fully saturated rings. The van der Waals surface area contributed by atoms with Crippen LogP contribution in [0.4, 0.5) is 0 Å². The number of hydrogen-bond donors (Lipinski definition) is 1. The molecule has 2 aromatic rings. The Bertz CT molecular complexity index is 657. The number of ether oxygens (including phenoxy) is 1. The number of rotatable bonds is 4. The van der Waals surface area contributed by atoms with Gasteiger partial charge in [0.25, 0.3) is 0 Å². The Morgan fingerprint density at radius 1 is 1.24 bits per heavy atom. The van der Waals surface area contributed by atoms with Gasteiger partial charge in [0.2, 0.25) is 5.88 Å². The Kier molecular flexibility index (Phi) is 4.37. The summed E-state index contributed by atoms with van der Waals surface area (Å²) in [4.78, 5) is 0. The predicted octanol–water partition coefficient (Wildman–Crippen LogP) is 3.34. The van der Waals surface area contributed by atoms with Gasteiger partial charge in [-0.25, -0.2) is 4.68 Å². The Morgan fingerprint density at radius 3 is 2.52 bits per heavy atom. The molecule has 0 saturated carbocycles. The number of hydrogen-bond acceptors (Lipinski definition) is 3. The monoisotopic (exact) mass is 287 g/mol. The van der Waals surface area contributed by atoms with E-state index >= 15 is 0 Å². The van der Waals surface area contributed by atoms with Gasteiger partial charge in [-0.15, -0.1) is 0 Å². The smallest absolute Gasteiger partial charge is 0.221 e. The molecule has 2 N–H and O–H groups in total. The maximum atomic E-state index is 6.20. The molecule has 1 heterocycles. The summed E-state index contributed by atoms with van der Waals surface area (Å²) in [6, 6.07) is 4.32. The van der Waals surface area contributed by atoms with Crippen molar-refractivity contribution in [1.29, 1.82) is 0 Å². The van der Waals surface area contributed by atoms with Crippen molar-refractivity contribution in [3.63, 3.8) is 0 Å². The van der Waals surface area contributed by atoms with Gasteiger partial charge in [0.1, 0.15) is 5.75 Å². The van der Waals surface area contributed by atoms with Crippen LogP contribution < -0.4 is 10.5 Å². The number of aromatic nitrogens is 2. The first kappa shape index (κ1) is 15.6. The van der Waals surface area contributed by atoms with Crippen LogP contribution in [0.2, 0.25) is 0 Å². The molecule has 4 heteroatoms. The molecule has 0 aliphatic carbocycles. The van der Waals surface area contributed by atoms with Crippen LogP contribution in [-0.2, 0) is 13.5 Å². The molecule has 2 rings (SSSR count). The Balaban J connectivity index is 2.44. The van der Waals surface area contributed by atoms with E-state index in [1.165, 1.54) is 11.1 Å². The number of nitrogens with two attached hydrogens (primary N) is 1. The van der Waals surface area contributed by atoms with Gasteiger partial charge in [-0.05, 0) is 63.8 Å². The fraction of sp³-hybridized carbons (Fsp3) is 0.471. The van der Waals surface area contributed by atoms with Gasteiger partial charge < -0.3 is 10.5 Å². The van der Waals surface area contributed by atoms with Crippen LogP contribution in [0.5, 0.6) is 11.6 Å². The zero-order chi connectivity index (χ0) is 15.7. The van der Waals surface area contributed by atoms with Gasteiger partial charge in [0.15, 0.2) is 0 Å². The molecule has 114 valence electrons. The lowest BCUT2D eigenvalue weighted by molar-refractivity contribution is 0.421. The zero-order valence-electron chi connectivity index (χ0n) is 13.8. The van der Waals surface area contributed by atoms with E-state index in [4.69, 9.17) is 10.5 Å². The highest BCUT2D eigenvalue weighted by Crippen LogP contribution is 2.32.